The number of hydrazine groups is 1. The maximum Gasteiger partial charge on any atom is 0.282 e. The Morgan fingerprint density at radius 1 is 0.929 bits per heavy atom. The van der Waals surface area contributed by atoms with E-state index in [4.69, 9.17) is 37.4 Å². The van der Waals surface area contributed by atoms with Crippen molar-refractivity contribution in [3.05, 3.63) is 51.5 Å². The van der Waals surface area contributed by atoms with Crippen LogP contribution >= 0.6 is 23.2 Å². The Bertz CT molecular complexity index is 965. The van der Waals surface area contributed by atoms with Crippen molar-refractivity contribution in [2.75, 3.05) is 26.3 Å². The second-order valence-corrected chi connectivity index (χ2v) is 6.51. The van der Waals surface area contributed by atoms with Crippen LogP contribution in [0.4, 0.5) is 5.69 Å². The molecule has 0 saturated carbocycles. The molecule has 0 atom stereocenters. The molecule has 1 heterocycles. The zero-order chi connectivity index (χ0) is 20.4. The van der Waals surface area contributed by atoms with Crippen LogP contribution in [-0.4, -0.2) is 33.1 Å². The molecule has 7 nitrogen and oxygen atoms in total. The number of nitrogens with one attached hydrogen (secondary N) is 1. The van der Waals surface area contributed by atoms with Gasteiger partial charge in [0.25, 0.3) is 11.8 Å². The van der Waals surface area contributed by atoms with Crippen molar-refractivity contribution in [1.82, 2.24) is 5.43 Å². The van der Waals surface area contributed by atoms with Crippen LogP contribution in [0.3, 0.4) is 0 Å². The Morgan fingerprint density at radius 3 is 2.11 bits per heavy atom. The van der Waals surface area contributed by atoms with Crippen LogP contribution in [0.25, 0.3) is 6.08 Å². The van der Waals surface area contributed by atoms with Gasteiger partial charge in [-0.3, -0.25) is 15.0 Å². The first-order chi connectivity index (χ1) is 13.4. The van der Waals surface area contributed by atoms with E-state index in [1.165, 1.54) is 33.5 Å². The van der Waals surface area contributed by atoms with Crippen LogP contribution in [0, 0.1) is 0 Å². The fourth-order valence-corrected chi connectivity index (χ4v) is 3.01. The first-order valence-electron chi connectivity index (χ1n) is 8.01. The molecule has 0 aromatic heterocycles. The van der Waals surface area contributed by atoms with Crippen LogP contribution in [0.1, 0.15) is 5.56 Å². The van der Waals surface area contributed by atoms with Crippen molar-refractivity contribution in [2.24, 2.45) is 0 Å². The van der Waals surface area contributed by atoms with E-state index in [2.05, 4.69) is 5.43 Å². The van der Waals surface area contributed by atoms with E-state index in [1.54, 1.807) is 24.3 Å². The minimum absolute atomic E-state index is 0.0552. The van der Waals surface area contributed by atoms with Crippen molar-refractivity contribution < 1.29 is 23.8 Å². The van der Waals surface area contributed by atoms with E-state index < -0.39 is 11.8 Å². The lowest BCUT2D eigenvalue weighted by molar-refractivity contribution is -0.117. The van der Waals surface area contributed by atoms with Gasteiger partial charge in [0.2, 0.25) is 5.75 Å². The second-order valence-electron chi connectivity index (χ2n) is 5.70. The second kappa shape index (κ2) is 8.00. The molecule has 9 heteroatoms. The number of hydrogen-bond acceptors (Lipinski definition) is 5. The number of carbonyl (C=O) groups excluding carboxylic acids is 2. The summed E-state index contributed by atoms with van der Waals surface area (Å²) >= 11 is 11.9. The lowest BCUT2D eigenvalue weighted by atomic mass is 10.1. The van der Waals surface area contributed by atoms with E-state index in [-0.39, 0.29) is 10.6 Å². The summed E-state index contributed by atoms with van der Waals surface area (Å²) in [7, 11) is 4.45. The number of rotatable bonds is 5. The number of halogens is 2. The summed E-state index contributed by atoms with van der Waals surface area (Å²) < 4.78 is 15.9. The number of ether oxygens (including phenoxy) is 3. The molecular weight excluding hydrogens is 407 g/mol. The van der Waals surface area contributed by atoms with Gasteiger partial charge in [0.05, 0.1) is 37.1 Å². The molecular formula is C19H16Cl2N2O5. The van der Waals surface area contributed by atoms with E-state index in [0.29, 0.717) is 33.5 Å². The van der Waals surface area contributed by atoms with Gasteiger partial charge in [0.1, 0.15) is 5.57 Å². The zero-order valence-electron chi connectivity index (χ0n) is 15.2. The predicted octanol–water partition coefficient (Wildman–Crippen LogP) is 3.48. The molecule has 3 rings (SSSR count). The molecule has 1 N–H and O–H groups in total. The quantitative estimate of drug-likeness (QED) is 0.589. The predicted molar refractivity (Wildman–Crippen MR) is 106 cm³/mol. The molecule has 1 aliphatic heterocycles. The number of carbonyl (C=O) groups is 2. The highest BCUT2D eigenvalue weighted by Crippen LogP contribution is 2.39. The maximum atomic E-state index is 12.8. The van der Waals surface area contributed by atoms with Crippen LogP contribution in [-0.2, 0) is 9.59 Å². The topological polar surface area (TPSA) is 77.1 Å². The minimum Gasteiger partial charge on any atom is -0.493 e. The monoisotopic (exact) mass is 422 g/mol. The van der Waals surface area contributed by atoms with E-state index in [9.17, 15) is 9.59 Å². The highest BCUT2D eigenvalue weighted by molar-refractivity contribution is 6.42. The van der Waals surface area contributed by atoms with E-state index in [1.807, 2.05) is 0 Å². The van der Waals surface area contributed by atoms with Gasteiger partial charge in [-0.2, -0.15) is 0 Å². The number of amides is 2. The third kappa shape index (κ3) is 3.58. The molecule has 1 saturated heterocycles. The summed E-state index contributed by atoms with van der Waals surface area (Å²) in [5.74, 6) is 0.135. The van der Waals surface area contributed by atoms with E-state index in [0.717, 1.165) is 5.01 Å². The van der Waals surface area contributed by atoms with Gasteiger partial charge >= 0.3 is 0 Å². The van der Waals surface area contributed by atoms with Gasteiger partial charge in [0.15, 0.2) is 11.5 Å². The van der Waals surface area contributed by atoms with Crippen LogP contribution in [0.5, 0.6) is 17.2 Å². The van der Waals surface area contributed by atoms with Crippen LogP contribution in [0.15, 0.2) is 35.9 Å². The van der Waals surface area contributed by atoms with Crippen LogP contribution in [0.2, 0.25) is 10.0 Å². The Morgan fingerprint density at radius 2 is 1.57 bits per heavy atom. The molecule has 0 aliphatic carbocycles. The molecule has 1 fully saturated rings. The Balaban J connectivity index is 1.99. The number of methoxy groups -OCH3 is 3. The third-order valence-electron chi connectivity index (χ3n) is 4.05. The van der Waals surface area contributed by atoms with Crippen molar-refractivity contribution >= 4 is 46.8 Å². The van der Waals surface area contributed by atoms with Crippen LogP contribution < -0.4 is 24.6 Å². The number of benzene rings is 2. The molecule has 1 aliphatic rings. The molecule has 2 aromatic carbocycles. The fraction of sp³-hybridized carbons (Fsp3) is 0.158. The standard InChI is InChI=1S/C19H16Cl2N2O5/c1-26-15-7-10(8-16(27-2)17(15)28-3)6-12-18(24)22-23(19(12)25)11-4-5-13(20)14(21)9-11/h4-9H,1-3H3,(H,22,24)/b12-6+. The molecule has 2 aromatic rings. The van der Waals surface area contributed by atoms with Gasteiger partial charge in [-0.1, -0.05) is 23.2 Å². The summed E-state index contributed by atoms with van der Waals surface area (Å²) in [4.78, 5) is 25.1. The first kappa shape index (κ1) is 19.9. The summed E-state index contributed by atoms with van der Waals surface area (Å²) in [6, 6.07) is 7.88. The fourth-order valence-electron chi connectivity index (χ4n) is 2.71. The highest BCUT2D eigenvalue weighted by Gasteiger charge is 2.34. The Kier molecular flexibility index (Phi) is 5.67. The van der Waals surface area contributed by atoms with Crippen molar-refractivity contribution in [2.45, 2.75) is 0 Å². The maximum absolute atomic E-state index is 12.8. The summed E-state index contributed by atoms with van der Waals surface area (Å²) in [5.41, 5.74) is 3.37. The van der Waals surface area contributed by atoms with Gasteiger partial charge in [-0.25, -0.2) is 5.01 Å². The Hall–Kier alpha value is -2.90. The number of hydrogen-bond donors (Lipinski definition) is 1. The first-order valence-corrected chi connectivity index (χ1v) is 8.77. The summed E-state index contributed by atoms with van der Waals surface area (Å²) in [5, 5.41) is 1.72. The van der Waals surface area contributed by atoms with Gasteiger partial charge in [-0.05, 0) is 42.0 Å². The van der Waals surface area contributed by atoms with Crippen molar-refractivity contribution in [3.8, 4) is 17.2 Å². The highest BCUT2D eigenvalue weighted by atomic mass is 35.5. The molecule has 0 radical (unpaired) electrons. The smallest absolute Gasteiger partial charge is 0.282 e. The normalized spacial score (nSPS) is 15.0. The molecule has 0 unspecified atom stereocenters. The zero-order valence-corrected chi connectivity index (χ0v) is 16.7. The SMILES string of the molecule is COc1cc(/C=C2\C(=O)NN(c3ccc(Cl)c(Cl)c3)C2=O)cc(OC)c1OC. The van der Waals surface area contributed by atoms with Gasteiger partial charge in [0, 0.05) is 0 Å². The lowest BCUT2D eigenvalue weighted by Gasteiger charge is -2.15. The summed E-state index contributed by atoms with van der Waals surface area (Å²) in [6.07, 6.45) is 1.44. The van der Waals surface area contributed by atoms with Crippen molar-refractivity contribution in [3.63, 3.8) is 0 Å². The molecule has 146 valence electrons. The number of nitrogens with zero attached hydrogens (tertiary/aromatic N) is 1. The molecule has 2 amide bonds. The van der Waals surface area contributed by atoms with Gasteiger partial charge < -0.3 is 14.2 Å². The third-order valence-corrected chi connectivity index (χ3v) is 4.79. The molecule has 28 heavy (non-hydrogen) atoms. The lowest BCUT2D eigenvalue weighted by Crippen LogP contribution is -2.35. The van der Waals surface area contributed by atoms with Gasteiger partial charge in [-0.15, -0.1) is 0 Å². The average molecular weight is 423 g/mol. The largest absolute Gasteiger partial charge is 0.493 e. The average Bonchev–Trinajstić information content (AvgIpc) is 2.97. The Labute approximate surface area is 171 Å². The van der Waals surface area contributed by atoms with E-state index >= 15 is 0 Å². The van der Waals surface area contributed by atoms with Crippen molar-refractivity contribution in [1.29, 1.82) is 0 Å². The molecule has 0 spiro atoms. The number of anilines is 1. The minimum atomic E-state index is -0.551. The molecule has 0 bridgehead atoms. The summed E-state index contributed by atoms with van der Waals surface area (Å²) in [6.45, 7) is 0.